The van der Waals surface area contributed by atoms with Crippen LogP contribution in [0.4, 0.5) is 0 Å². The zero-order chi connectivity index (χ0) is 15.6. The molecular weight excluding hydrogens is 298 g/mol. The first-order valence-electron chi connectivity index (χ1n) is 6.99. The van der Waals surface area contributed by atoms with E-state index in [4.69, 9.17) is 0 Å². The van der Waals surface area contributed by atoms with Gasteiger partial charge < -0.3 is 4.98 Å². The topological polar surface area (TPSA) is 74.8 Å². The van der Waals surface area contributed by atoms with Gasteiger partial charge in [0.2, 0.25) is 10.0 Å². The predicted molar refractivity (Wildman–Crippen MR) is 86.7 cm³/mol. The first-order valence-corrected chi connectivity index (χ1v) is 8.64. The fourth-order valence-electron chi connectivity index (χ4n) is 2.30. The molecule has 0 radical (unpaired) electrons. The molecule has 0 spiro atoms. The zero-order valence-electron chi connectivity index (χ0n) is 12.2. The van der Waals surface area contributed by atoms with Gasteiger partial charge >= 0.3 is 0 Å². The summed E-state index contributed by atoms with van der Waals surface area (Å²) in [5.74, 6) is 0.578. The molecule has 0 saturated heterocycles. The number of hydrogen-bond acceptors (Lipinski definition) is 3. The van der Waals surface area contributed by atoms with Gasteiger partial charge in [0.25, 0.3) is 0 Å². The highest BCUT2D eigenvalue weighted by Crippen LogP contribution is 2.12. The van der Waals surface area contributed by atoms with Gasteiger partial charge in [0.1, 0.15) is 5.82 Å². The van der Waals surface area contributed by atoms with E-state index in [-0.39, 0.29) is 12.3 Å². The number of nitrogens with zero attached hydrogens (tertiary/aromatic N) is 1. The van der Waals surface area contributed by atoms with Crippen molar-refractivity contribution in [1.29, 1.82) is 0 Å². The van der Waals surface area contributed by atoms with Gasteiger partial charge in [-0.3, -0.25) is 0 Å². The van der Waals surface area contributed by atoms with Crippen LogP contribution in [0.15, 0.2) is 48.5 Å². The number of sulfonamides is 1. The first kappa shape index (κ1) is 14.7. The molecule has 114 valence electrons. The second-order valence-corrected chi connectivity index (χ2v) is 7.01. The maximum atomic E-state index is 12.2. The number of H-pyrrole nitrogens is 1. The van der Waals surface area contributed by atoms with Crippen LogP contribution in [-0.2, 0) is 22.3 Å². The molecule has 0 unspecified atom stereocenters. The number of aryl methyl sites for hydroxylation is 1. The molecule has 5 nitrogen and oxygen atoms in total. The highest BCUT2D eigenvalue weighted by Gasteiger charge is 2.13. The molecule has 1 aromatic heterocycles. The molecule has 2 aromatic carbocycles. The van der Waals surface area contributed by atoms with Gasteiger partial charge in [-0.25, -0.2) is 18.1 Å². The van der Waals surface area contributed by atoms with Gasteiger partial charge in [0, 0.05) is 0 Å². The van der Waals surface area contributed by atoms with Crippen LogP contribution < -0.4 is 4.72 Å². The number of hydrogen-bond donors (Lipinski definition) is 2. The van der Waals surface area contributed by atoms with Gasteiger partial charge in [0.05, 0.1) is 23.3 Å². The van der Waals surface area contributed by atoms with E-state index in [9.17, 15) is 8.42 Å². The van der Waals surface area contributed by atoms with Crippen LogP contribution in [0.1, 0.15) is 17.0 Å². The summed E-state index contributed by atoms with van der Waals surface area (Å²) in [5.41, 5.74) is 3.50. The molecule has 0 aliphatic carbocycles. The maximum Gasteiger partial charge on any atom is 0.216 e. The number of aromatic amines is 1. The Balaban J connectivity index is 1.71. The highest BCUT2D eigenvalue weighted by atomic mass is 32.2. The normalized spacial score (nSPS) is 11.9. The Morgan fingerprint density at radius 2 is 1.82 bits per heavy atom. The Labute approximate surface area is 129 Å². The van der Waals surface area contributed by atoms with E-state index < -0.39 is 10.0 Å². The molecule has 6 heteroatoms. The Kier molecular flexibility index (Phi) is 3.96. The van der Waals surface area contributed by atoms with Crippen LogP contribution in [0.2, 0.25) is 0 Å². The van der Waals surface area contributed by atoms with Crippen molar-refractivity contribution >= 4 is 21.1 Å². The van der Waals surface area contributed by atoms with E-state index in [0.717, 1.165) is 22.2 Å². The third kappa shape index (κ3) is 3.35. The van der Waals surface area contributed by atoms with Crippen molar-refractivity contribution < 1.29 is 8.42 Å². The summed E-state index contributed by atoms with van der Waals surface area (Å²) in [5, 5.41) is 0. The molecule has 0 bridgehead atoms. The number of nitrogens with one attached hydrogen (secondary N) is 2. The lowest BCUT2D eigenvalue weighted by atomic mass is 10.1. The SMILES string of the molecule is Cc1ccccc1CS(=O)(=O)NCc1nc2ccccc2[nH]1. The second-order valence-electron chi connectivity index (χ2n) is 5.21. The summed E-state index contributed by atoms with van der Waals surface area (Å²) in [6.45, 7) is 2.06. The van der Waals surface area contributed by atoms with Crippen molar-refractivity contribution in [3.05, 3.63) is 65.5 Å². The Hall–Kier alpha value is -2.18. The first-order chi connectivity index (χ1) is 10.5. The maximum absolute atomic E-state index is 12.2. The summed E-state index contributed by atoms with van der Waals surface area (Å²) < 4.78 is 27.0. The minimum atomic E-state index is -3.40. The zero-order valence-corrected chi connectivity index (χ0v) is 13.0. The number of para-hydroxylation sites is 2. The van der Waals surface area contributed by atoms with Crippen LogP contribution in [-0.4, -0.2) is 18.4 Å². The van der Waals surface area contributed by atoms with Crippen LogP contribution >= 0.6 is 0 Å². The quantitative estimate of drug-likeness (QED) is 0.759. The molecule has 0 aliphatic rings. The molecule has 0 amide bonds. The van der Waals surface area contributed by atoms with Gasteiger partial charge in [-0.15, -0.1) is 0 Å². The standard InChI is InChI=1S/C16H17N3O2S/c1-12-6-2-3-7-13(12)11-22(20,21)17-10-16-18-14-8-4-5-9-15(14)19-16/h2-9,17H,10-11H2,1H3,(H,18,19). The number of fused-ring (bicyclic) bond motifs is 1. The van der Waals surface area contributed by atoms with Crippen molar-refractivity contribution in [2.24, 2.45) is 0 Å². The van der Waals surface area contributed by atoms with E-state index >= 15 is 0 Å². The molecular formula is C16H17N3O2S. The summed E-state index contributed by atoms with van der Waals surface area (Å²) in [6, 6.07) is 15.1. The highest BCUT2D eigenvalue weighted by molar-refractivity contribution is 7.88. The predicted octanol–water partition coefficient (Wildman–Crippen LogP) is 2.49. The van der Waals surface area contributed by atoms with E-state index in [1.54, 1.807) is 0 Å². The molecule has 2 N–H and O–H groups in total. The van der Waals surface area contributed by atoms with E-state index in [0.29, 0.717) is 5.82 Å². The number of imidazole rings is 1. The summed E-state index contributed by atoms with van der Waals surface area (Å²) in [6.07, 6.45) is 0. The molecule has 3 rings (SSSR count). The van der Waals surface area contributed by atoms with E-state index in [1.165, 1.54) is 0 Å². The second kappa shape index (κ2) is 5.90. The van der Waals surface area contributed by atoms with E-state index in [2.05, 4.69) is 14.7 Å². The minimum Gasteiger partial charge on any atom is -0.341 e. The molecule has 0 saturated carbocycles. The fraction of sp³-hybridized carbons (Fsp3) is 0.188. The van der Waals surface area contributed by atoms with Crippen LogP contribution in [0.25, 0.3) is 11.0 Å². The molecule has 22 heavy (non-hydrogen) atoms. The molecule has 0 fully saturated rings. The fourth-order valence-corrected chi connectivity index (χ4v) is 3.49. The third-order valence-corrected chi connectivity index (χ3v) is 4.78. The largest absolute Gasteiger partial charge is 0.341 e. The Morgan fingerprint density at radius 3 is 2.59 bits per heavy atom. The summed E-state index contributed by atoms with van der Waals surface area (Å²) >= 11 is 0. The number of rotatable bonds is 5. The van der Waals surface area contributed by atoms with Gasteiger partial charge in [-0.1, -0.05) is 36.4 Å². The average Bonchev–Trinajstić information content (AvgIpc) is 2.91. The number of benzene rings is 2. The Morgan fingerprint density at radius 1 is 1.09 bits per heavy atom. The van der Waals surface area contributed by atoms with Gasteiger partial charge in [-0.2, -0.15) is 0 Å². The van der Waals surface area contributed by atoms with Crippen molar-refractivity contribution in [1.82, 2.24) is 14.7 Å². The lowest BCUT2D eigenvalue weighted by Gasteiger charge is -2.07. The molecule has 0 atom stereocenters. The lowest BCUT2D eigenvalue weighted by Crippen LogP contribution is -2.25. The molecule has 0 aliphatic heterocycles. The lowest BCUT2D eigenvalue weighted by molar-refractivity contribution is 0.578. The van der Waals surface area contributed by atoms with Crippen molar-refractivity contribution in [2.45, 2.75) is 19.2 Å². The third-order valence-electron chi connectivity index (χ3n) is 3.50. The smallest absolute Gasteiger partial charge is 0.216 e. The molecule has 1 heterocycles. The van der Waals surface area contributed by atoms with Crippen LogP contribution in [0.3, 0.4) is 0 Å². The van der Waals surface area contributed by atoms with E-state index in [1.807, 2.05) is 55.5 Å². The minimum absolute atomic E-state index is 0.0279. The van der Waals surface area contributed by atoms with Crippen molar-refractivity contribution in [3.8, 4) is 0 Å². The van der Waals surface area contributed by atoms with Crippen LogP contribution in [0, 0.1) is 6.92 Å². The van der Waals surface area contributed by atoms with Gasteiger partial charge in [0.15, 0.2) is 0 Å². The van der Waals surface area contributed by atoms with Crippen molar-refractivity contribution in [3.63, 3.8) is 0 Å². The summed E-state index contributed by atoms with van der Waals surface area (Å²) in [4.78, 5) is 7.46. The Bertz CT molecular complexity index is 867. The monoisotopic (exact) mass is 315 g/mol. The number of aromatic nitrogens is 2. The van der Waals surface area contributed by atoms with Crippen molar-refractivity contribution in [2.75, 3.05) is 0 Å². The molecule has 3 aromatic rings. The van der Waals surface area contributed by atoms with Crippen LogP contribution in [0.5, 0.6) is 0 Å². The summed E-state index contributed by atoms with van der Waals surface area (Å²) in [7, 11) is -3.40. The van der Waals surface area contributed by atoms with Gasteiger partial charge in [-0.05, 0) is 30.2 Å². The average molecular weight is 315 g/mol.